The van der Waals surface area contributed by atoms with Crippen molar-refractivity contribution in [1.29, 1.82) is 0 Å². The van der Waals surface area contributed by atoms with Gasteiger partial charge in [-0.25, -0.2) is 0 Å². The lowest BCUT2D eigenvalue weighted by molar-refractivity contribution is 0.398. The summed E-state index contributed by atoms with van der Waals surface area (Å²) < 4.78 is 0. The summed E-state index contributed by atoms with van der Waals surface area (Å²) in [4.78, 5) is 0. The summed E-state index contributed by atoms with van der Waals surface area (Å²) >= 11 is 0. The van der Waals surface area contributed by atoms with Gasteiger partial charge in [0.2, 0.25) is 0 Å². The maximum Gasteiger partial charge on any atom is 0.165 e. The molecule has 0 aliphatic rings. The second kappa shape index (κ2) is 4.01. The average Bonchev–Trinajstić information content (AvgIpc) is 2.24. The van der Waals surface area contributed by atoms with Gasteiger partial charge in [-0.3, -0.25) is 0 Å². The molecule has 2 aromatic carbocycles. The van der Waals surface area contributed by atoms with Crippen LogP contribution in [0, 0.1) is 13.8 Å². The van der Waals surface area contributed by atoms with Gasteiger partial charge in [0.05, 0.1) is 0 Å². The number of aromatic hydroxyl groups is 3. The SMILES string of the molecule is Cc1cccc(C)c1-c1cc(O)cc(O)c1O. The number of phenolic OH excluding ortho intramolecular Hbond substituents is 3. The Hall–Kier alpha value is -2.16. The summed E-state index contributed by atoms with van der Waals surface area (Å²) in [7, 11) is 0. The molecule has 3 N–H and O–H groups in total. The van der Waals surface area contributed by atoms with Crippen molar-refractivity contribution in [3.05, 3.63) is 41.5 Å². The van der Waals surface area contributed by atoms with Crippen LogP contribution in [0.4, 0.5) is 0 Å². The molecule has 2 rings (SSSR count). The molecule has 3 heteroatoms. The van der Waals surface area contributed by atoms with Crippen LogP contribution in [0.1, 0.15) is 11.1 Å². The van der Waals surface area contributed by atoms with Crippen molar-refractivity contribution in [1.82, 2.24) is 0 Å². The molecule has 0 aliphatic heterocycles. The van der Waals surface area contributed by atoms with E-state index in [2.05, 4.69) is 0 Å². The summed E-state index contributed by atoms with van der Waals surface area (Å²) in [6.45, 7) is 3.84. The first-order valence-electron chi connectivity index (χ1n) is 5.32. The van der Waals surface area contributed by atoms with Gasteiger partial charge >= 0.3 is 0 Å². The Morgan fingerprint density at radius 3 is 2.06 bits per heavy atom. The zero-order chi connectivity index (χ0) is 12.6. The molecule has 0 spiro atoms. The van der Waals surface area contributed by atoms with Gasteiger partial charge in [0.1, 0.15) is 5.75 Å². The van der Waals surface area contributed by atoms with Crippen LogP contribution in [0.3, 0.4) is 0 Å². The molecular formula is C14H14O3. The molecule has 0 radical (unpaired) electrons. The first-order chi connectivity index (χ1) is 8.00. The van der Waals surface area contributed by atoms with E-state index < -0.39 is 0 Å². The van der Waals surface area contributed by atoms with E-state index in [1.165, 1.54) is 6.07 Å². The third kappa shape index (κ3) is 1.91. The second-order valence-corrected chi connectivity index (χ2v) is 4.13. The number of phenols is 3. The Labute approximate surface area is 99.6 Å². The molecule has 0 aromatic heterocycles. The van der Waals surface area contributed by atoms with Crippen molar-refractivity contribution >= 4 is 0 Å². The van der Waals surface area contributed by atoms with Crippen molar-refractivity contribution in [2.24, 2.45) is 0 Å². The minimum Gasteiger partial charge on any atom is -0.508 e. The fraction of sp³-hybridized carbons (Fsp3) is 0.143. The zero-order valence-corrected chi connectivity index (χ0v) is 9.73. The van der Waals surface area contributed by atoms with Gasteiger partial charge in [-0.05, 0) is 36.6 Å². The van der Waals surface area contributed by atoms with Crippen molar-refractivity contribution in [2.75, 3.05) is 0 Å². The molecule has 88 valence electrons. The predicted octanol–water partition coefficient (Wildman–Crippen LogP) is 3.09. The van der Waals surface area contributed by atoms with E-state index in [1.807, 2.05) is 32.0 Å². The van der Waals surface area contributed by atoms with E-state index in [0.29, 0.717) is 5.56 Å². The first-order valence-corrected chi connectivity index (χ1v) is 5.32. The van der Waals surface area contributed by atoms with Gasteiger partial charge in [0.15, 0.2) is 11.5 Å². The van der Waals surface area contributed by atoms with Crippen molar-refractivity contribution in [3.63, 3.8) is 0 Å². The van der Waals surface area contributed by atoms with Crippen LogP contribution >= 0.6 is 0 Å². The third-order valence-corrected chi connectivity index (χ3v) is 2.83. The molecule has 0 bridgehead atoms. The summed E-state index contributed by atoms with van der Waals surface area (Å²) in [5.74, 6) is -0.596. The van der Waals surface area contributed by atoms with Crippen LogP contribution in [-0.4, -0.2) is 15.3 Å². The van der Waals surface area contributed by atoms with Crippen LogP contribution in [0.15, 0.2) is 30.3 Å². The molecule has 0 amide bonds. The fourth-order valence-corrected chi connectivity index (χ4v) is 2.03. The van der Waals surface area contributed by atoms with Gasteiger partial charge in [0.25, 0.3) is 0 Å². The van der Waals surface area contributed by atoms with Gasteiger partial charge in [-0.1, -0.05) is 18.2 Å². The summed E-state index contributed by atoms with van der Waals surface area (Å²) in [6.07, 6.45) is 0. The summed E-state index contributed by atoms with van der Waals surface area (Å²) in [5.41, 5.74) is 3.23. The maximum atomic E-state index is 9.86. The quantitative estimate of drug-likeness (QED) is 0.521. The number of hydrogen-bond acceptors (Lipinski definition) is 3. The molecule has 0 saturated carbocycles. The van der Waals surface area contributed by atoms with Gasteiger partial charge in [-0.15, -0.1) is 0 Å². The van der Waals surface area contributed by atoms with Crippen molar-refractivity contribution in [3.8, 4) is 28.4 Å². The minimum absolute atomic E-state index is 0.0713. The summed E-state index contributed by atoms with van der Waals surface area (Å²) in [6, 6.07) is 8.33. The Balaban J connectivity index is 2.77. The molecular weight excluding hydrogens is 216 g/mol. The molecule has 0 atom stereocenters. The number of benzene rings is 2. The van der Waals surface area contributed by atoms with Crippen molar-refractivity contribution in [2.45, 2.75) is 13.8 Å². The molecule has 17 heavy (non-hydrogen) atoms. The van der Waals surface area contributed by atoms with Crippen LogP contribution in [0.25, 0.3) is 11.1 Å². The number of hydrogen-bond donors (Lipinski definition) is 3. The lowest BCUT2D eigenvalue weighted by Crippen LogP contribution is -1.88. The molecule has 0 aliphatic carbocycles. The molecule has 0 unspecified atom stereocenters. The lowest BCUT2D eigenvalue weighted by atomic mass is 9.95. The van der Waals surface area contributed by atoms with E-state index in [9.17, 15) is 15.3 Å². The molecule has 0 saturated heterocycles. The Bertz CT molecular complexity index is 554. The Kier molecular flexibility index (Phi) is 2.68. The molecule has 0 fully saturated rings. The topological polar surface area (TPSA) is 60.7 Å². The smallest absolute Gasteiger partial charge is 0.165 e. The second-order valence-electron chi connectivity index (χ2n) is 4.13. The summed E-state index contributed by atoms with van der Waals surface area (Å²) in [5, 5.41) is 28.9. The first kappa shape index (κ1) is 11.3. The van der Waals surface area contributed by atoms with Crippen molar-refractivity contribution < 1.29 is 15.3 Å². The largest absolute Gasteiger partial charge is 0.508 e. The van der Waals surface area contributed by atoms with E-state index in [1.54, 1.807) is 0 Å². The van der Waals surface area contributed by atoms with E-state index in [0.717, 1.165) is 22.8 Å². The monoisotopic (exact) mass is 230 g/mol. The predicted molar refractivity (Wildman–Crippen MR) is 66.3 cm³/mol. The van der Waals surface area contributed by atoms with Crippen LogP contribution in [-0.2, 0) is 0 Å². The molecule has 3 nitrogen and oxygen atoms in total. The Morgan fingerprint density at radius 2 is 1.47 bits per heavy atom. The van der Waals surface area contributed by atoms with Gasteiger partial charge < -0.3 is 15.3 Å². The Morgan fingerprint density at radius 1 is 0.882 bits per heavy atom. The molecule has 2 aromatic rings. The maximum absolute atomic E-state index is 9.86. The van der Waals surface area contributed by atoms with E-state index >= 15 is 0 Å². The zero-order valence-electron chi connectivity index (χ0n) is 9.73. The number of aryl methyl sites for hydroxylation is 2. The van der Waals surface area contributed by atoms with E-state index in [4.69, 9.17) is 0 Å². The third-order valence-electron chi connectivity index (χ3n) is 2.83. The highest BCUT2D eigenvalue weighted by atomic mass is 16.3. The van der Waals surface area contributed by atoms with E-state index in [-0.39, 0.29) is 17.2 Å². The van der Waals surface area contributed by atoms with Gasteiger partial charge in [-0.2, -0.15) is 0 Å². The lowest BCUT2D eigenvalue weighted by Gasteiger charge is -2.12. The normalized spacial score (nSPS) is 10.5. The fourth-order valence-electron chi connectivity index (χ4n) is 2.03. The molecule has 0 heterocycles. The van der Waals surface area contributed by atoms with Gasteiger partial charge in [0, 0.05) is 11.6 Å². The minimum atomic E-state index is -0.317. The van der Waals surface area contributed by atoms with Crippen LogP contribution in [0.5, 0.6) is 17.2 Å². The standard InChI is InChI=1S/C14H14O3/c1-8-4-3-5-9(2)13(8)11-6-10(15)7-12(16)14(11)17/h3-7,15-17H,1-2H3. The highest BCUT2D eigenvalue weighted by Crippen LogP contribution is 2.41. The van der Waals surface area contributed by atoms with Crippen LogP contribution in [0.2, 0.25) is 0 Å². The average molecular weight is 230 g/mol. The highest BCUT2D eigenvalue weighted by Gasteiger charge is 2.14. The number of rotatable bonds is 1. The highest BCUT2D eigenvalue weighted by molar-refractivity contribution is 5.79. The van der Waals surface area contributed by atoms with Crippen LogP contribution < -0.4 is 0 Å².